The molecule has 0 aliphatic rings. The molecule has 0 aliphatic carbocycles. The highest BCUT2D eigenvalue weighted by atomic mass is 32.2. The van der Waals surface area contributed by atoms with Crippen molar-refractivity contribution in [3.63, 3.8) is 0 Å². The number of thioether (sulfide) groups is 1. The molecule has 0 saturated heterocycles. The van der Waals surface area contributed by atoms with E-state index in [2.05, 4.69) is 4.98 Å². The number of nitrogens with two attached hydrogens (primary N) is 1. The van der Waals surface area contributed by atoms with Gasteiger partial charge in [0, 0.05) is 5.75 Å². The summed E-state index contributed by atoms with van der Waals surface area (Å²) in [5, 5.41) is 0.678. The van der Waals surface area contributed by atoms with Gasteiger partial charge in [-0.05, 0) is 30.7 Å². The van der Waals surface area contributed by atoms with Gasteiger partial charge < -0.3 is 14.9 Å². The Balaban J connectivity index is 1.69. The molecule has 0 radical (unpaired) electrons. The molecule has 2 N–H and O–H groups in total. The zero-order chi connectivity index (χ0) is 12.6. The quantitative estimate of drug-likeness (QED) is 0.614. The molecule has 4 nitrogen and oxygen atoms in total. The highest BCUT2D eigenvalue weighted by Gasteiger charge is 1.99. The summed E-state index contributed by atoms with van der Waals surface area (Å²) in [5.74, 6) is 1.69. The summed E-state index contributed by atoms with van der Waals surface area (Å²) < 4.78 is 10.7. The van der Waals surface area contributed by atoms with E-state index in [0.29, 0.717) is 18.4 Å². The Morgan fingerprint density at radius 2 is 2.11 bits per heavy atom. The Kier molecular flexibility index (Phi) is 5.11. The zero-order valence-electron chi connectivity index (χ0n) is 10.0. The van der Waals surface area contributed by atoms with Crippen molar-refractivity contribution in [1.82, 2.24) is 4.98 Å². The maximum absolute atomic E-state index is 5.62. The van der Waals surface area contributed by atoms with Crippen LogP contribution < -0.4 is 10.5 Å². The van der Waals surface area contributed by atoms with E-state index in [1.807, 2.05) is 24.3 Å². The highest BCUT2D eigenvalue weighted by molar-refractivity contribution is 7.99. The van der Waals surface area contributed by atoms with Crippen LogP contribution in [0.25, 0.3) is 0 Å². The van der Waals surface area contributed by atoms with E-state index in [-0.39, 0.29) is 0 Å². The van der Waals surface area contributed by atoms with E-state index in [0.717, 1.165) is 17.9 Å². The third-order valence-electron chi connectivity index (χ3n) is 2.34. The first-order valence-electron chi connectivity index (χ1n) is 5.82. The molecule has 18 heavy (non-hydrogen) atoms. The molecule has 0 amide bonds. The summed E-state index contributed by atoms with van der Waals surface area (Å²) in [4.78, 5) is 4.02. The zero-order valence-corrected chi connectivity index (χ0v) is 10.9. The Hall–Kier alpha value is -1.46. The van der Waals surface area contributed by atoms with Gasteiger partial charge in [0.15, 0.2) is 0 Å². The lowest BCUT2D eigenvalue weighted by atomic mass is 10.1. The number of nitrogens with zero attached hydrogens (tertiary/aromatic N) is 1. The van der Waals surface area contributed by atoms with Crippen molar-refractivity contribution in [3.05, 3.63) is 42.3 Å². The first-order valence-corrected chi connectivity index (χ1v) is 6.81. The molecule has 0 aliphatic heterocycles. The van der Waals surface area contributed by atoms with Gasteiger partial charge in [-0.25, -0.2) is 4.98 Å². The van der Waals surface area contributed by atoms with Crippen LogP contribution in [0.2, 0.25) is 0 Å². The topological polar surface area (TPSA) is 61.3 Å². The van der Waals surface area contributed by atoms with E-state index in [1.165, 1.54) is 17.3 Å². The van der Waals surface area contributed by atoms with Crippen LogP contribution in [0.3, 0.4) is 0 Å². The molecule has 0 atom stereocenters. The van der Waals surface area contributed by atoms with Crippen LogP contribution in [0.5, 0.6) is 5.75 Å². The van der Waals surface area contributed by atoms with Crippen molar-refractivity contribution in [3.8, 4) is 5.75 Å². The molecule has 2 aromatic rings. The van der Waals surface area contributed by atoms with Gasteiger partial charge in [0.05, 0.1) is 12.8 Å². The molecule has 0 unspecified atom stereocenters. The summed E-state index contributed by atoms with van der Waals surface area (Å²) >= 11 is 1.54. The minimum absolute atomic E-state index is 0.628. The predicted molar refractivity (Wildman–Crippen MR) is 71.9 cm³/mol. The predicted octanol–water partition coefficient (Wildman–Crippen LogP) is 2.35. The molecule has 2 rings (SSSR count). The van der Waals surface area contributed by atoms with Gasteiger partial charge in [-0.15, -0.1) is 0 Å². The monoisotopic (exact) mass is 264 g/mol. The molecule has 1 aromatic carbocycles. The normalized spacial score (nSPS) is 10.5. The van der Waals surface area contributed by atoms with Gasteiger partial charge in [-0.1, -0.05) is 23.9 Å². The van der Waals surface area contributed by atoms with Crippen molar-refractivity contribution in [2.24, 2.45) is 5.73 Å². The Labute approximate surface area is 111 Å². The number of oxazole rings is 1. The lowest BCUT2D eigenvalue weighted by Crippen LogP contribution is -2.03. The third-order valence-corrected chi connectivity index (χ3v) is 3.16. The van der Waals surface area contributed by atoms with Crippen molar-refractivity contribution >= 4 is 11.8 Å². The fourth-order valence-electron chi connectivity index (χ4n) is 1.49. The molecule has 96 valence electrons. The summed E-state index contributed by atoms with van der Waals surface area (Å²) in [5.41, 5.74) is 6.73. The molecular formula is C13H16N2O2S. The van der Waals surface area contributed by atoms with Crippen molar-refractivity contribution in [1.29, 1.82) is 0 Å². The summed E-state index contributed by atoms with van der Waals surface area (Å²) in [7, 11) is 0. The summed E-state index contributed by atoms with van der Waals surface area (Å²) in [6.07, 6.45) is 4.11. The van der Waals surface area contributed by atoms with E-state index in [1.54, 1.807) is 12.5 Å². The van der Waals surface area contributed by atoms with Gasteiger partial charge in [0.2, 0.25) is 0 Å². The standard InChI is InChI=1S/C13H16N2O2S/c14-6-5-11-1-3-12(4-2-11)16-9-10-18-13-15-7-8-17-13/h1-4,7-8H,5-6,9-10,14H2. The second-order valence-electron chi connectivity index (χ2n) is 3.68. The van der Waals surface area contributed by atoms with Crippen molar-refractivity contribution in [2.45, 2.75) is 11.6 Å². The lowest BCUT2D eigenvalue weighted by molar-refractivity contribution is 0.343. The summed E-state index contributed by atoms with van der Waals surface area (Å²) in [6.45, 7) is 1.30. The second-order valence-corrected chi connectivity index (χ2v) is 4.72. The largest absolute Gasteiger partial charge is 0.493 e. The number of benzene rings is 1. The summed E-state index contributed by atoms with van der Waals surface area (Å²) in [6, 6.07) is 8.04. The van der Waals surface area contributed by atoms with Crippen LogP contribution in [0, 0.1) is 0 Å². The van der Waals surface area contributed by atoms with Crippen LogP contribution in [-0.2, 0) is 6.42 Å². The van der Waals surface area contributed by atoms with E-state index in [9.17, 15) is 0 Å². The SMILES string of the molecule is NCCc1ccc(OCCSc2ncco2)cc1. The number of rotatable bonds is 7. The molecule has 5 heteroatoms. The molecule has 1 heterocycles. The molecular weight excluding hydrogens is 248 g/mol. The van der Waals surface area contributed by atoms with Crippen molar-refractivity contribution in [2.75, 3.05) is 18.9 Å². The smallest absolute Gasteiger partial charge is 0.255 e. The number of hydrogen-bond acceptors (Lipinski definition) is 5. The van der Waals surface area contributed by atoms with Crippen LogP contribution in [-0.4, -0.2) is 23.9 Å². The minimum Gasteiger partial charge on any atom is -0.493 e. The van der Waals surface area contributed by atoms with Crippen LogP contribution in [0.15, 0.2) is 46.4 Å². The van der Waals surface area contributed by atoms with E-state index in [4.69, 9.17) is 14.9 Å². The molecule has 0 spiro atoms. The molecule has 0 saturated carbocycles. The Morgan fingerprint density at radius 3 is 2.78 bits per heavy atom. The maximum atomic E-state index is 5.62. The fourth-order valence-corrected chi connectivity index (χ4v) is 2.09. The van der Waals surface area contributed by atoms with Gasteiger partial charge in [-0.2, -0.15) is 0 Å². The van der Waals surface area contributed by atoms with Crippen LogP contribution >= 0.6 is 11.8 Å². The molecule has 0 bridgehead atoms. The Bertz CT molecular complexity index is 443. The van der Waals surface area contributed by atoms with Gasteiger partial charge >= 0.3 is 0 Å². The van der Waals surface area contributed by atoms with Crippen LogP contribution in [0.4, 0.5) is 0 Å². The number of ether oxygens (including phenoxy) is 1. The van der Waals surface area contributed by atoms with Gasteiger partial charge in [-0.3, -0.25) is 0 Å². The third kappa shape index (κ3) is 4.09. The van der Waals surface area contributed by atoms with Gasteiger partial charge in [0.25, 0.3) is 5.22 Å². The van der Waals surface area contributed by atoms with Gasteiger partial charge in [0.1, 0.15) is 12.0 Å². The number of hydrogen-bond donors (Lipinski definition) is 1. The first kappa shape index (κ1) is 13.0. The van der Waals surface area contributed by atoms with E-state index >= 15 is 0 Å². The van der Waals surface area contributed by atoms with E-state index < -0.39 is 0 Å². The minimum atomic E-state index is 0.628. The number of aromatic nitrogens is 1. The van der Waals surface area contributed by atoms with Crippen LogP contribution in [0.1, 0.15) is 5.56 Å². The Morgan fingerprint density at radius 1 is 1.28 bits per heavy atom. The first-order chi connectivity index (χ1) is 8.88. The second kappa shape index (κ2) is 7.08. The van der Waals surface area contributed by atoms with Crippen molar-refractivity contribution < 1.29 is 9.15 Å². The lowest BCUT2D eigenvalue weighted by Gasteiger charge is -2.06. The molecule has 0 fully saturated rings. The average molecular weight is 264 g/mol. The average Bonchev–Trinajstić information content (AvgIpc) is 2.90. The highest BCUT2D eigenvalue weighted by Crippen LogP contribution is 2.16. The molecule has 1 aromatic heterocycles. The fraction of sp³-hybridized carbons (Fsp3) is 0.308. The maximum Gasteiger partial charge on any atom is 0.255 e.